The van der Waals surface area contributed by atoms with Crippen molar-refractivity contribution in [3.8, 4) is 11.5 Å². The fourth-order valence-corrected chi connectivity index (χ4v) is 2.27. The van der Waals surface area contributed by atoms with Crippen molar-refractivity contribution < 1.29 is 19.2 Å². The predicted octanol–water partition coefficient (Wildman–Crippen LogP) is 3.48. The molecule has 1 amide bonds. The number of amides is 1. The zero-order chi connectivity index (χ0) is 20.0. The average Bonchev–Trinajstić information content (AvgIpc) is 2.66. The first kappa shape index (κ1) is 20.2. The molecule has 9 heteroatoms. The van der Waals surface area contributed by atoms with Crippen LogP contribution in [0.1, 0.15) is 18.1 Å². The summed E-state index contributed by atoms with van der Waals surface area (Å²) in [5.41, 5.74) is 3.89. The third kappa shape index (κ3) is 5.42. The number of halogens is 1. The third-order valence-corrected chi connectivity index (χ3v) is 4.07. The number of hydrazone groups is 1. The Balaban J connectivity index is 2.00. The normalized spacial score (nSPS) is 11.0. The van der Waals surface area contributed by atoms with E-state index in [0.29, 0.717) is 22.0 Å². The van der Waals surface area contributed by atoms with E-state index >= 15 is 0 Å². The number of ether oxygens (including phenoxy) is 2. The van der Waals surface area contributed by atoms with Gasteiger partial charge in [-0.05, 0) is 49.7 Å². The summed E-state index contributed by atoms with van der Waals surface area (Å²) in [5, 5.41) is 15.6. The third-order valence-electron chi connectivity index (χ3n) is 3.64. The minimum absolute atomic E-state index is 0.146. The highest BCUT2D eigenvalue weighted by Crippen LogP contribution is 2.27. The van der Waals surface area contributed by atoms with Crippen LogP contribution < -0.4 is 14.9 Å². The van der Waals surface area contributed by atoms with E-state index in [0.717, 1.165) is 5.56 Å². The summed E-state index contributed by atoms with van der Waals surface area (Å²) in [7, 11) is 1.35. The number of nitro groups is 1. The summed E-state index contributed by atoms with van der Waals surface area (Å²) in [5.74, 6) is 0.190. The molecule has 0 saturated heterocycles. The molecule has 0 bridgehead atoms. The van der Waals surface area contributed by atoms with E-state index in [1.807, 2.05) is 6.92 Å². The van der Waals surface area contributed by atoms with Crippen LogP contribution in [0.15, 0.2) is 41.5 Å². The Labute approximate surface area is 160 Å². The van der Waals surface area contributed by atoms with Gasteiger partial charge in [0.1, 0.15) is 5.75 Å². The Morgan fingerprint density at radius 1 is 1.30 bits per heavy atom. The lowest BCUT2D eigenvalue weighted by Crippen LogP contribution is -2.25. The lowest BCUT2D eigenvalue weighted by Gasteiger charge is -2.08. The summed E-state index contributed by atoms with van der Waals surface area (Å²) in [4.78, 5) is 22.4. The fourth-order valence-electron chi connectivity index (χ4n) is 2.16. The van der Waals surface area contributed by atoms with Crippen molar-refractivity contribution in [3.63, 3.8) is 0 Å². The van der Waals surface area contributed by atoms with Gasteiger partial charge in [0.15, 0.2) is 12.4 Å². The largest absolute Gasteiger partial charge is 0.490 e. The molecule has 0 unspecified atom stereocenters. The Morgan fingerprint density at radius 2 is 2.04 bits per heavy atom. The van der Waals surface area contributed by atoms with Gasteiger partial charge in [0.25, 0.3) is 5.91 Å². The molecule has 142 valence electrons. The molecule has 2 aromatic carbocycles. The van der Waals surface area contributed by atoms with Gasteiger partial charge in [0, 0.05) is 16.7 Å². The molecule has 8 nitrogen and oxygen atoms in total. The number of nitrogens with one attached hydrogen (secondary N) is 1. The van der Waals surface area contributed by atoms with Crippen LogP contribution >= 0.6 is 11.6 Å². The van der Waals surface area contributed by atoms with Crippen LogP contribution in [0.4, 0.5) is 5.69 Å². The number of nitro benzene ring substituents is 1. The van der Waals surface area contributed by atoms with E-state index in [4.69, 9.17) is 21.1 Å². The molecule has 1 N–H and O–H groups in total. The lowest BCUT2D eigenvalue weighted by atomic mass is 10.1. The number of aryl methyl sites for hydroxylation is 1. The maximum atomic E-state index is 11.9. The molecule has 2 rings (SSSR count). The first-order valence-corrected chi connectivity index (χ1v) is 8.24. The van der Waals surface area contributed by atoms with Gasteiger partial charge in [-0.25, -0.2) is 5.43 Å². The fraction of sp³-hybridized carbons (Fsp3) is 0.222. The predicted molar refractivity (Wildman–Crippen MR) is 102 cm³/mol. The Morgan fingerprint density at radius 3 is 2.67 bits per heavy atom. The molecule has 27 heavy (non-hydrogen) atoms. The Hall–Kier alpha value is -3.13. The molecule has 0 aliphatic carbocycles. The molecule has 0 saturated carbocycles. The number of nitrogens with zero attached hydrogens (tertiary/aromatic N) is 2. The number of hydrogen-bond donors (Lipinski definition) is 1. The van der Waals surface area contributed by atoms with Crippen LogP contribution in [0.5, 0.6) is 11.5 Å². The number of carbonyl (C=O) groups is 1. The minimum atomic E-state index is -0.545. The Kier molecular flexibility index (Phi) is 6.73. The lowest BCUT2D eigenvalue weighted by molar-refractivity contribution is -0.385. The number of methoxy groups -OCH3 is 1. The smallest absolute Gasteiger partial charge is 0.311 e. The molecule has 0 spiro atoms. The monoisotopic (exact) mass is 391 g/mol. The quantitative estimate of drug-likeness (QED) is 0.442. The van der Waals surface area contributed by atoms with Crippen molar-refractivity contribution in [1.29, 1.82) is 0 Å². The van der Waals surface area contributed by atoms with Crippen molar-refractivity contribution >= 4 is 28.9 Å². The van der Waals surface area contributed by atoms with E-state index in [9.17, 15) is 14.9 Å². The summed E-state index contributed by atoms with van der Waals surface area (Å²) in [6.07, 6.45) is 0. The van der Waals surface area contributed by atoms with Gasteiger partial charge in [-0.3, -0.25) is 14.9 Å². The van der Waals surface area contributed by atoms with Gasteiger partial charge in [-0.15, -0.1) is 0 Å². The summed E-state index contributed by atoms with van der Waals surface area (Å²) in [6, 6.07) is 9.48. The van der Waals surface area contributed by atoms with Crippen molar-refractivity contribution in [1.82, 2.24) is 5.43 Å². The van der Waals surface area contributed by atoms with Crippen molar-refractivity contribution in [2.24, 2.45) is 5.10 Å². The van der Waals surface area contributed by atoms with Crippen LogP contribution in [0.25, 0.3) is 0 Å². The highest BCUT2D eigenvalue weighted by Gasteiger charge is 2.16. The molecule has 0 atom stereocenters. The average molecular weight is 392 g/mol. The van der Waals surface area contributed by atoms with Crippen LogP contribution in [0.2, 0.25) is 5.02 Å². The molecule has 0 aliphatic rings. The van der Waals surface area contributed by atoms with Crippen LogP contribution in [-0.4, -0.2) is 30.3 Å². The second-order valence-corrected chi connectivity index (χ2v) is 5.98. The SMILES string of the molecule is COc1ccc(/C(C)=N/NC(=O)COc2ccc(Cl)c(C)c2)cc1[N+](=O)[O-]. The molecular formula is C18H18ClN3O5. The van der Waals surface area contributed by atoms with E-state index in [2.05, 4.69) is 10.5 Å². The first-order chi connectivity index (χ1) is 12.8. The van der Waals surface area contributed by atoms with E-state index in [1.54, 1.807) is 31.2 Å². The number of hydrogen-bond acceptors (Lipinski definition) is 6. The van der Waals surface area contributed by atoms with Crippen LogP contribution in [-0.2, 0) is 4.79 Å². The van der Waals surface area contributed by atoms with Gasteiger partial charge in [-0.1, -0.05) is 11.6 Å². The van der Waals surface area contributed by atoms with E-state index < -0.39 is 10.8 Å². The molecule has 0 radical (unpaired) electrons. The second-order valence-electron chi connectivity index (χ2n) is 5.58. The summed E-state index contributed by atoms with van der Waals surface area (Å²) in [6.45, 7) is 3.22. The minimum Gasteiger partial charge on any atom is -0.490 e. The second kappa shape index (κ2) is 9.00. The van der Waals surface area contributed by atoms with Gasteiger partial charge in [0.05, 0.1) is 17.7 Å². The highest BCUT2D eigenvalue weighted by molar-refractivity contribution is 6.31. The first-order valence-electron chi connectivity index (χ1n) is 7.86. The van der Waals surface area contributed by atoms with Gasteiger partial charge in [-0.2, -0.15) is 5.10 Å². The highest BCUT2D eigenvalue weighted by atomic mass is 35.5. The summed E-state index contributed by atoms with van der Waals surface area (Å²) < 4.78 is 10.3. The summed E-state index contributed by atoms with van der Waals surface area (Å²) >= 11 is 5.93. The zero-order valence-electron chi connectivity index (χ0n) is 15.0. The van der Waals surface area contributed by atoms with Gasteiger partial charge >= 0.3 is 5.69 Å². The maximum absolute atomic E-state index is 11.9. The van der Waals surface area contributed by atoms with Crippen LogP contribution in [0.3, 0.4) is 0 Å². The van der Waals surface area contributed by atoms with Crippen molar-refractivity contribution in [3.05, 3.63) is 62.7 Å². The van der Waals surface area contributed by atoms with E-state index in [-0.39, 0.29) is 18.0 Å². The van der Waals surface area contributed by atoms with Gasteiger partial charge in [0.2, 0.25) is 0 Å². The number of benzene rings is 2. The van der Waals surface area contributed by atoms with Crippen LogP contribution in [0, 0.1) is 17.0 Å². The molecule has 2 aromatic rings. The molecule has 0 fully saturated rings. The number of carbonyl (C=O) groups excluding carboxylic acids is 1. The maximum Gasteiger partial charge on any atom is 0.311 e. The topological polar surface area (TPSA) is 103 Å². The number of rotatable bonds is 7. The van der Waals surface area contributed by atoms with E-state index in [1.165, 1.54) is 19.2 Å². The Bertz CT molecular complexity index is 899. The standard InChI is InChI=1S/C18H18ClN3O5/c1-11-8-14(5-6-15(11)19)27-10-18(23)21-20-12(2)13-4-7-17(26-3)16(9-13)22(24)25/h4-9H,10H2,1-3H3,(H,21,23)/b20-12+. The van der Waals surface area contributed by atoms with Crippen molar-refractivity contribution in [2.75, 3.05) is 13.7 Å². The van der Waals surface area contributed by atoms with Crippen molar-refractivity contribution in [2.45, 2.75) is 13.8 Å². The molecule has 0 heterocycles. The molecular weight excluding hydrogens is 374 g/mol. The molecule has 0 aliphatic heterocycles. The zero-order valence-corrected chi connectivity index (χ0v) is 15.7. The van der Waals surface area contributed by atoms with Gasteiger partial charge < -0.3 is 9.47 Å². The molecule has 0 aromatic heterocycles.